The maximum atomic E-state index is 13.3. The van der Waals surface area contributed by atoms with Crippen LogP contribution < -0.4 is 9.62 Å². The van der Waals surface area contributed by atoms with E-state index in [4.69, 9.17) is 0 Å². The molecular weight excluding hydrogens is 403 g/mol. The summed E-state index contributed by atoms with van der Waals surface area (Å²) in [6.45, 7) is 3.36. The number of benzene rings is 3. The van der Waals surface area contributed by atoms with Crippen LogP contribution in [0.1, 0.15) is 24.1 Å². The average Bonchev–Trinajstić information content (AvgIpc) is 2.72. The number of anilines is 1. The summed E-state index contributed by atoms with van der Waals surface area (Å²) >= 11 is 0. The summed E-state index contributed by atoms with van der Waals surface area (Å²) in [4.78, 5) is 12.9. The first-order valence-corrected chi connectivity index (χ1v) is 11.0. The summed E-state index contributed by atoms with van der Waals surface area (Å²) < 4.78 is 40.9. The molecule has 1 atom stereocenters. The smallest absolute Gasteiger partial charge is 0.265 e. The first kappa shape index (κ1) is 20.1. The van der Waals surface area contributed by atoms with E-state index in [1.54, 1.807) is 49.4 Å². The van der Waals surface area contributed by atoms with Crippen molar-refractivity contribution in [1.29, 1.82) is 0 Å². The Hall–Kier alpha value is -3.19. The van der Waals surface area contributed by atoms with Crippen LogP contribution in [0.2, 0.25) is 0 Å². The van der Waals surface area contributed by atoms with Gasteiger partial charge in [-0.25, -0.2) is 12.8 Å². The molecule has 1 N–H and O–H groups in total. The molecule has 154 valence electrons. The van der Waals surface area contributed by atoms with Gasteiger partial charge in [-0.2, -0.15) is 0 Å². The monoisotopic (exact) mass is 424 g/mol. The van der Waals surface area contributed by atoms with Crippen molar-refractivity contribution >= 4 is 21.6 Å². The Morgan fingerprint density at radius 2 is 1.73 bits per heavy atom. The van der Waals surface area contributed by atoms with Crippen LogP contribution in [0.25, 0.3) is 11.1 Å². The highest BCUT2D eigenvalue weighted by atomic mass is 32.2. The molecule has 3 aromatic carbocycles. The molecule has 0 saturated heterocycles. The molecular formula is C23H21FN2O3S. The van der Waals surface area contributed by atoms with E-state index in [0.29, 0.717) is 11.3 Å². The highest BCUT2D eigenvalue weighted by molar-refractivity contribution is 7.93. The molecule has 1 unspecified atom stereocenters. The number of carbonyl (C=O) groups is 1. The third-order valence-electron chi connectivity index (χ3n) is 5.20. The van der Waals surface area contributed by atoms with Crippen molar-refractivity contribution in [2.75, 3.05) is 10.8 Å². The number of sulfonamides is 1. The van der Waals surface area contributed by atoms with Crippen LogP contribution >= 0.6 is 0 Å². The second-order valence-electron chi connectivity index (χ2n) is 7.37. The Balaban J connectivity index is 1.65. The number of aryl methyl sites for hydroxylation is 1. The molecule has 5 nitrogen and oxygen atoms in total. The van der Waals surface area contributed by atoms with Crippen molar-refractivity contribution in [2.45, 2.75) is 24.8 Å². The topological polar surface area (TPSA) is 66.5 Å². The molecule has 1 amide bonds. The summed E-state index contributed by atoms with van der Waals surface area (Å²) in [5.41, 5.74) is 3.61. The third-order valence-corrected chi connectivity index (χ3v) is 7.02. The predicted molar refractivity (Wildman–Crippen MR) is 114 cm³/mol. The standard InChI is InChI=1S/C23H21FN2O3S/c1-15-7-12-21-20(13-15)19-5-3-4-6-22(19)30(28,29)26(21)14-23(27)25-16(2)17-8-10-18(24)11-9-17/h3-13,16H,14H2,1-2H3,(H,25,27). The van der Waals surface area contributed by atoms with Gasteiger partial charge in [-0.3, -0.25) is 9.10 Å². The van der Waals surface area contributed by atoms with Gasteiger partial charge >= 0.3 is 0 Å². The predicted octanol–water partition coefficient (Wildman–Crippen LogP) is 4.19. The van der Waals surface area contributed by atoms with E-state index in [1.807, 2.05) is 19.1 Å². The Kier molecular flexibility index (Phi) is 5.07. The van der Waals surface area contributed by atoms with Crippen LogP contribution in [0.15, 0.2) is 71.6 Å². The van der Waals surface area contributed by atoms with Gasteiger partial charge < -0.3 is 5.32 Å². The minimum atomic E-state index is -3.89. The Morgan fingerprint density at radius 1 is 1.03 bits per heavy atom. The fraction of sp³-hybridized carbons (Fsp3) is 0.174. The van der Waals surface area contributed by atoms with Gasteiger partial charge in [0.2, 0.25) is 5.91 Å². The van der Waals surface area contributed by atoms with Gasteiger partial charge in [0.05, 0.1) is 16.6 Å². The summed E-state index contributed by atoms with van der Waals surface area (Å²) in [7, 11) is -3.89. The van der Waals surface area contributed by atoms with Gasteiger partial charge in [-0.1, -0.05) is 42.0 Å². The number of carbonyl (C=O) groups excluding carboxylic acids is 1. The van der Waals surface area contributed by atoms with Gasteiger partial charge in [-0.15, -0.1) is 0 Å². The molecule has 0 aliphatic carbocycles. The molecule has 0 saturated carbocycles. The number of amides is 1. The maximum absolute atomic E-state index is 13.3. The van der Waals surface area contributed by atoms with Gasteiger partial charge in [0.25, 0.3) is 10.0 Å². The van der Waals surface area contributed by atoms with E-state index in [0.717, 1.165) is 21.0 Å². The lowest BCUT2D eigenvalue weighted by Crippen LogP contribution is -2.43. The lowest BCUT2D eigenvalue weighted by Gasteiger charge is -2.32. The molecule has 1 aliphatic rings. The van der Waals surface area contributed by atoms with Crippen LogP contribution in [-0.2, 0) is 14.8 Å². The van der Waals surface area contributed by atoms with Crippen molar-refractivity contribution in [3.05, 3.63) is 83.7 Å². The van der Waals surface area contributed by atoms with E-state index >= 15 is 0 Å². The van der Waals surface area contributed by atoms with E-state index < -0.39 is 22.0 Å². The Labute approximate surface area is 175 Å². The zero-order valence-electron chi connectivity index (χ0n) is 16.6. The van der Waals surface area contributed by atoms with Crippen molar-refractivity contribution in [2.24, 2.45) is 0 Å². The number of hydrogen-bond acceptors (Lipinski definition) is 3. The molecule has 0 radical (unpaired) electrons. The Bertz CT molecular complexity index is 1220. The molecule has 7 heteroatoms. The fourth-order valence-corrected chi connectivity index (χ4v) is 5.32. The molecule has 4 rings (SSSR count). The Morgan fingerprint density at radius 3 is 2.47 bits per heavy atom. The lowest BCUT2D eigenvalue weighted by molar-refractivity contribution is -0.120. The number of fused-ring (bicyclic) bond motifs is 3. The molecule has 0 bridgehead atoms. The summed E-state index contributed by atoms with van der Waals surface area (Å²) in [6, 6.07) is 17.7. The van der Waals surface area contributed by atoms with Crippen molar-refractivity contribution in [3.8, 4) is 11.1 Å². The maximum Gasteiger partial charge on any atom is 0.265 e. The first-order valence-electron chi connectivity index (χ1n) is 9.55. The van der Waals surface area contributed by atoms with E-state index in [2.05, 4.69) is 5.32 Å². The molecule has 3 aromatic rings. The van der Waals surface area contributed by atoms with Crippen LogP contribution in [0.4, 0.5) is 10.1 Å². The van der Waals surface area contributed by atoms with Crippen LogP contribution in [0.5, 0.6) is 0 Å². The lowest BCUT2D eigenvalue weighted by atomic mass is 10.0. The van der Waals surface area contributed by atoms with Gasteiger partial charge in [-0.05, 0) is 49.7 Å². The highest BCUT2D eigenvalue weighted by Crippen LogP contribution is 2.43. The minimum Gasteiger partial charge on any atom is -0.348 e. The quantitative estimate of drug-likeness (QED) is 0.683. The largest absolute Gasteiger partial charge is 0.348 e. The number of hydrogen-bond donors (Lipinski definition) is 1. The van der Waals surface area contributed by atoms with E-state index in [1.165, 1.54) is 12.1 Å². The summed E-state index contributed by atoms with van der Waals surface area (Å²) in [5, 5.41) is 2.80. The molecule has 0 fully saturated rings. The SMILES string of the molecule is Cc1ccc2c(c1)-c1ccccc1S(=O)(=O)N2CC(=O)NC(C)c1ccc(F)cc1. The second-order valence-corrected chi connectivity index (χ2v) is 9.20. The van der Waals surface area contributed by atoms with Crippen LogP contribution in [0, 0.1) is 12.7 Å². The molecule has 30 heavy (non-hydrogen) atoms. The fourth-order valence-electron chi connectivity index (χ4n) is 3.67. The third kappa shape index (κ3) is 3.57. The molecule has 1 heterocycles. The van der Waals surface area contributed by atoms with E-state index in [-0.39, 0.29) is 17.3 Å². The van der Waals surface area contributed by atoms with Crippen LogP contribution in [0.3, 0.4) is 0 Å². The normalized spacial score (nSPS) is 15.1. The average molecular weight is 424 g/mol. The number of rotatable bonds is 4. The summed E-state index contributed by atoms with van der Waals surface area (Å²) in [6.07, 6.45) is 0. The van der Waals surface area contributed by atoms with Gasteiger partial charge in [0.1, 0.15) is 12.4 Å². The summed E-state index contributed by atoms with van der Waals surface area (Å²) in [5.74, 6) is -0.802. The number of nitrogens with one attached hydrogen (secondary N) is 1. The number of halogens is 1. The van der Waals surface area contributed by atoms with Crippen LogP contribution in [-0.4, -0.2) is 20.9 Å². The van der Waals surface area contributed by atoms with Gasteiger partial charge in [0, 0.05) is 11.1 Å². The zero-order chi connectivity index (χ0) is 21.5. The van der Waals surface area contributed by atoms with E-state index in [9.17, 15) is 17.6 Å². The van der Waals surface area contributed by atoms with Crippen molar-refractivity contribution < 1.29 is 17.6 Å². The van der Waals surface area contributed by atoms with Crippen molar-refractivity contribution in [1.82, 2.24) is 5.32 Å². The molecule has 1 aliphatic heterocycles. The highest BCUT2D eigenvalue weighted by Gasteiger charge is 2.36. The molecule has 0 spiro atoms. The molecule has 0 aromatic heterocycles. The minimum absolute atomic E-state index is 0.183. The zero-order valence-corrected chi connectivity index (χ0v) is 17.4. The van der Waals surface area contributed by atoms with Gasteiger partial charge in [0.15, 0.2) is 0 Å². The first-order chi connectivity index (χ1) is 14.3. The van der Waals surface area contributed by atoms with Crippen molar-refractivity contribution in [3.63, 3.8) is 0 Å². The number of nitrogens with zero attached hydrogens (tertiary/aromatic N) is 1. The second kappa shape index (κ2) is 7.57.